The second-order valence-corrected chi connectivity index (χ2v) is 3.07. The van der Waals surface area contributed by atoms with Crippen molar-refractivity contribution in [1.82, 2.24) is 4.98 Å². The van der Waals surface area contributed by atoms with Crippen molar-refractivity contribution in [3.8, 4) is 5.75 Å². The average molecular weight is 216 g/mol. The molecular weight excluding hydrogens is 206 g/mol. The molecular formula is C9H10ClNO3. The maximum Gasteiger partial charge on any atom is 0.358 e. The molecule has 0 aromatic carbocycles. The molecule has 0 saturated carbocycles. The lowest BCUT2D eigenvalue weighted by atomic mass is 10.3. The fourth-order valence-corrected chi connectivity index (χ4v) is 1.35. The van der Waals surface area contributed by atoms with Gasteiger partial charge < -0.3 is 9.84 Å². The first-order chi connectivity index (χ1) is 6.56. The van der Waals surface area contributed by atoms with E-state index in [1.807, 2.05) is 0 Å². The zero-order valence-electron chi connectivity index (χ0n) is 7.87. The van der Waals surface area contributed by atoms with E-state index >= 15 is 0 Å². The molecule has 0 aliphatic rings. The number of hydrogen-bond acceptors (Lipinski definition) is 3. The second-order valence-electron chi connectivity index (χ2n) is 2.66. The smallest absolute Gasteiger partial charge is 0.358 e. The molecule has 4 nitrogen and oxygen atoms in total. The standard InChI is InChI=1S/C9H10ClNO3/c1-3-14-8-6(10)4-5(2)11-7(8)9(12)13/h4H,3H2,1-2H3,(H,12,13). The van der Waals surface area contributed by atoms with Gasteiger partial charge in [-0.25, -0.2) is 9.78 Å². The Morgan fingerprint density at radius 1 is 1.71 bits per heavy atom. The predicted molar refractivity (Wildman–Crippen MR) is 52.1 cm³/mol. The topological polar surface area (TPSA) is 59.4 Å². The van der Waals surface area contributed by atoms with Gasteiger partial charge in [-0.1, -0.05) is 11.6 Å². The van der Waals surface area contributed by atoms with Gasteiger partial charge in [0.05, 0.1) is 11.6 Å². The van der Waals surface area contributed by atoms with Crippen LogP contribution in [0.5, 0.6) is 5.75 Å². The highest BCUT2D eigenvalue weighted by molar-refractivity contribution is 6.32. The number of carboxylic acid groups (broad SMARTS) is 1. The molecule has 1 aromatic rings. The van der Waals surface area contributed by atoms with E-state index < -0.39 is 5.97 Å². The summed E-state index contributed by atoms with van der Waals surface area (Å²) in [6, 6.07) is 1.57. The fourth-order valence-electron chi connectivity index (χ4n) is 1.05. The van der Waals surface area contributed by atoms with Crippen LogP contribution < -0.4 is 4.74 Å². The lowest BCUT2D eigenvalue weighted by molar-refractivity contribution is 0.0685. The minimum Gasteiger partial charge on any atom is -0.490 e. The van der Waals surface area contributed by atoms with Crippen LogP contribution in [0.15, 0.2) is 6.07 Å². The number of rotatable bonds is 3. The zero-order valence-corrected chi connectivity index (χ0v) is 8.63. The number of aryl methyl sites for hydroxylation is 1. The van der Waals surface area contributed by atoms with Gasteiger partial charge in [-0.05, 0) is 19.9 Å². The third-order valence-electron chi connectivity index (χ3n) is 1.55. The number of ether oxygens (including phenoxy) is 1. The first-order valence-corrected chi connectivity index (χ1v) is 4.47. The SMILES string of the molecule is CCOc1c(Cl)cc(C)nc1C(=O)O. The van der Waals surface area contributed by atoms with Gasteiger partial charge in [0.1, 0.15) is 0 Å². The summed E-state index contributed by atoms with van der Waals surface area (Å²) in [7, 11) is 0. The molecule has 0 amide bonds. The largest absolute Gasteiger partial charge is 0.490 e. The molecule has 0 aliphatic heterocycles. The Hall–Kier alpha value is -1.29. The lowest BCUT2D eigenvalue weighted by Gasteiger charge is -2.08. The number of halogens is 1. The van der Waals surface area contributed by atoms with E-state index in [9.17, 15) is 4.79 Å². The van der Waals surface area contributed by atoms with Crippen LogP contribution in [0.3, 0.4) is 0 Å². The van der Waals surface area contributed by atoms with Gasteiger partial charge in [-0.2, -0.15) is 0 Å². The van der Waals surface area contributed by atoms with Crippen molar-refractivity contribution < 1.29 is 14.6 Å². The number of aromatic carboxylic acids is 1. The second kappa shape index (κ2) is 4.28. The van der Waals surface area contributed by atoms with Crippen molar-refractivity contribution in [2.75, 3.05) is 6.61 Å². The summed E-state index contributed by atoms with van der Waals surface area (Å²) in [5, 5.41) is 9.11. The Bertz CT molecular complexity index is 365. The summed E-state index contributed by atoms with van der Waals surface area (Å²) >= 11 is 5.83. The van der Waals surface area contributed by atoms with E-state index in [1.165, 1.54) is 0 Å². The van der Waals surface area contributed by atoms with Crippen molar-refractivity contribution in [3.63, 3.8) is 0 Å². The number of pyridine rings is 1. The quantitative estimate of drug-likeness (QED) is 0.839. The molecule has 5 heteroatoms. The fraction of sp³-hybridized carbons (Fsp3) is 0.333. The Morgan fingerprint density at radius 3 is 2.86 bits per heavy atom. The van der Waals surface area contributed by atoms with E-state index in [4.69, 9.17) is 21.4 Å². The third kappa shape index (κ3) is 2.14. The van der Waals surface area contributed by atoms with Crippen LogP contribution in [-0.4, -0.2) is 22.7 Å². The van der Waals surface area contributed by atoms with Crippen LogP contribution in [0, 0.1) is 6.92 Å². The summed E-state index contributed by atoms with van der Waals surface area (Å²) in [6.45, 7) is 3.78. The van der Waals surface area contributed by atoms with E-state index in [-0.39, 0.29) is 16.5 Å². The van der Waals surface area contributed by atoms with Gasteiger partial charge >= 0.3 is 5.97 Å². The maximum absolute atomic E-state index is 10.8. The van der Waals surface area contributed by atoms with Gasteiger partial charge in [-0.3, -0.25) is 0 Å². The Kier molecular flexibility index (Phi) is 3.30. The minimum atomic E-state index is -1.14. The zero-order chi connectivity index (χ0) is 10.7. The van der Waals surface area contributed by atoms with Gasteiger partial charge in [0.15, 0.2) is 11.4 Å². The van der Waals surface area contributed by atoms with Crippen molar-refractivity contribution in [2.45, 2.75) is 13.8 Å². The van der Waals surface area contributed by atoms with Gasteiger partial charge in [0.25, 0.3) is 0 Å². The molecule has 1 heterocycles. The summed E-state index contributed by atoms with van der Waals surface area (Å²) in [5.74, 6) is -1.01. The molecule has 0 radical (unpaired) electrons. The number of carbonyl (C=O) groups is 1. The van der Waals surface area contributed by atoms with Crippen molar-refractivity contribution in [2.24, 2.45) is 0 Å². The van der Waals surface area contributed by atoms with Crippen LogP contribution in [0.4, 0.5) is 0 Å². The van der Waals surface area contributed by atoms with Crippen molar-refractivity contribution in [3.05, 3.63) is 22.5 Å². The Morgan fingerprint density at radius 2 is 2.36 bits per heavy atom. The molecule has 14 heavy (non-hydrogen) atoms. The Labute approximate surface area is 86.5 Å². The molecule has 1 N–H and O–H groups in total. The molecule has 0 atom stereocenters. The maximum atomic E-state index is 10.8. The summed E-state index contributed by atoms with van der Waals surface area (Å²) in [5.41, 5.74) is 0.410. The predicted octanol–water partition coefficient (Wildman–Crippen LogP) is 2.14. The monoisotopic (exact) mass is 215 g/mol. The molecule has 0 bridgehead atoms. The number of carboxylic acids is 1. The van der Waals surface area contributed by atoms with E-state index in [0.29, 0.717) is 12.3 Å². The van der Waals surface area contributed by atoms with Crippen LogP contribution in [0.1, 0.15) is 23.1 Å². The number of hydrogen-bond donors (Lipinski definition) is 1. The molecule has 0 aliphatic carbocycles. The summed E-state index contributed by atoms with van der Waals surface area (Å²) in [6.07, 6.45) is 0. The molecule has 0 spiro atoms. The van der Waals surface area contributed by atoms with Crippen molar-refractivity contribution in [1.29, 1.82) is 0 Å². The molecule has 0 saturated heterocycles. The lowest BCUT2D eigenvalue weighted by Crippen LogP contribution is -2.07. The molecule has 76 valence electrons. The average Bonchev–Trinajstić information content (AvgIpc) is 2.09. The summed E-state index contributed by atoms with van der Waals surface area (Å²) in [4.78, 5) is 14.6. The molecule has 0 unspecified atom stereocenters. The minimum absolute atomic E-state index is 0.132. The van der Waals surface area contributed by atoms with E-state index in [2.05, 4.69) is 4.98 Å². The van der Waals surface area contributed by atoms with Gasteiger partial charge in [0, 0.05) is 5.69 Å². The molecule has 1 aromatic heterocycles. The van der Waals surface area contributed by atoms with Gasteiger partial charge in [-0.15, -0.1) is 0 Å². The molecule has 1 rings (SSSR count). The summed E-state index contributed by atoms with van der Waals surface area (Å²) < 4.78 is 5.11. The normalized spacial score (nSPS) is 9.93. The first-order valence-electron chi connectivity index (χ1n) is 4.09. The van der Waals surface area contributed by atoms with Crippen LogP contribution in [-0.2, 0) is 0 Å². The Balaban J connectivity index is 3.28. The van der Waals surface area contributed by atoms with E-state index in [1.54, 1.807) is 19.9 Å². The van der Waals surface area contributed by atoms with E-state index in [0.717, 1.165) is 0 Å². The third-order valence-corrected chi connectivity index (χ3v) is 1.83. The van der Waals surface area contributed by atoms with Crippen LogP contribution >= 0.6 is 11.6 Å². The van der Waals surface area contributed by atoms with Gasteiger partial charge in [0.2, 0.25) is 0 Å². The highest BCUT2D eigenvalue weighted by Crippen LogP contribution is 2.28. The number of aromatic nitrogens is 1. The number of nitrogens with zero attached hydrogens (tertiary/aromatic N) is 1. The first kappa shape index (κ1) is 10.8. The molecule has 0 fully saturated rings. The highest BCUT2D eigenvalue weighted by Gasteiger charge is 2.17. The van der Waals surface area contributed by atoms with Crippen LogP contribution in [0.25, 0.3) is 0 Å². The van der Waals surface area contributed by atoms with Crippen molar-refractivity contribution >= 4 is 17.6 Å². The highest BCUT2D eigenvalue weighted by atomic mass is 35.5. The van der Waals surface area contributed by atoms with Crippen LogP contribution in [0.2, 0.25) is 5.02 Å².